The topological polar surface area (TPSA) is 58.2 Å². The van der Waals surface area contributed by atoms with Crippen LogP contribution in [0.3, 0.4) is 0 Å². The summed E-state index contributed by atoms with van der Waals surface area (Å²) in [4.78, 5) is 25.9. The third-order valence-corrected chi connectivity index (χ3v) is 7.26. The van der Waals surface area contributed by atoms with Crippen molar-refractivity contribution in [3.05, 3.63) is 62.3 Å². The number of alkyl halides is 3. The number of hydrogen-bond acceptors (Lipinski definition) is 2. The van der Waals surface area contributed by atoms with Crippen molar-refractivity contribution in [1.29, 1.82) is 0 Å². The number of carbonyl (C=O) groups is 2. The van der Waals surface area contributed by atoms with E-state index in [0.717, 1.165) is 0 Å². The zero-order chi connectivity index (χ0) is 24.1. The van der Waals surface area contributed by atoms with Gasteiger partial charge in [-0.25, -0.2) is 4.39 Å². The standard InChI is InChI=1S/C23H20BrClF4N2O2/c1-22(6-2-3-11(10-22)23(27,28)29)21(33)30-17-8-12(24)7-15-18(17)19(31-20(15)32)14-9-13(26)4-5-16(14)25/h4-5,7-9,11,19H,2-3,6,10H2,1H3,(H,30,33)(H,31,32)/t11-,19+,22+/m0/s1. The van der Waals surface area contributed by atoms with Crippen LogP contribution in [0.5, 0.6) is 0 Å². The average Bonchev–Trinajstić information content (AvgIpc) is 3.05. The molecule has 0 spiro atoms. The lowest BCUT2D eigenvalue weighted by atomic mass is 9.70. The van der Waals surface area contributed by atoms with Gasteiger partial charge in [-0.15, -0.1) is 0 Å². The second kappa shape index (κ2) is 8.58. The van der Waals surface area contributed by atoms with E-state index in [9.17, 15) is 27.2 Å². The van der Waals surface area contributed by atoms with Gasteiger partial charge in [-0.2, -0.15) is 13.2 Å². The van der Waals surface area contributed by atoms with Crippen LogP contribution in [-0.2, 0) is 4.79 Å². The molecule has 176 valence electrons. The van der Waals surface area contributed by atoms with Crippen LogP contribution in [0.1, 0.15) is 60.1 Å². The number of halogens is 6. The van der Waals surface area contributed by atoms with E-state index >= 15 is 0 Å². The lowest BCUT2D eigenvalue weighted by molar-refractivity contribution is -0.191. The van der Waals surface area contributed by atoms with E-state index in [4.69, 9.17) is 11.6 Å². The molecule has 4 rings (SSSR count). The number of nitrogens with one attached hydrogen (secondary N) is 2. The summed E-state index contributed by atoms with van der Waals surface area (Å²) in [6.07, 6.45) is -4.08. The van der Waals surface area contributed by atoms with E-state index in [1.54, 1.807) is 12.1 Å². The molecule has 4 nitrogen and oxygen atoms in total. The molecule has 3 atom stereocenters. The zero-order valence-electron chi connectivity index (χ0n) is 17.5. The fraction of sp³-hybridized carbons (Fsp3) is 0.391. The van der Waals surface area contributed by atoms with E-state index < -0.39 is 41.2 Å². The average molecular weight is 548 g/mol. The quantitative estimate of drug-likeness (QED) is 0.417. The Balaban J connectivity index is 1.71. The van der Waals surface area contributed by atoms with Gasteiger partial charge in [-0.05, 0) is 49.6 Å². The molecule has 1 fully saturated rings. The highest BCUT2D eigenvalue weighted by atomic mass is 79.9. The molecular weight excluding hydrogens is 528 g/mol. The molecule has 1 aliphatic heterocycles. The molecule has 1 heterocycles. The molecule has 2 aromatic carbocycles. The van der Waals surface area contributed by atoms with Crippen LogP contribution in [0.2, 0.25) is 5.02 Å². The summed E-state index contributed by atoms with van der Waals surface area (Å²) in [6.45, 7) is 1.53. The largest absolute Gasteiger partial charge is 0.391 e. The highest BCUT2D eigenvalue weighted by Gasteiger charge is 2.49. The van der Waals surface area contributed by atoms with Gasteiger partial charge in [0.2, 0.25) is 5.91 Å². The Morgan fingerprint density at radius 1 is 1.27 bits per heavy atom. The first-order valence-corrected chi connectivity index (χ1v) is 11.5. The minimum absolute atomic E-state index is 0.00276. The van der Waals surface area contributed by atoms with Gasteiger partial charge in [0, 0.05) is 37.3 Å². The number of fused-ring (bicyclic) bond motifs is 1. The summed E-state index contributed by atoms with van der Waals surface area (Å²) < 4.78 is 54.4. The Labute approximate surface area is 201 Å². The molecule has 33 heavy (non-hydrogen) atoms. The second-order valence-corrected chi connectivity index (χ2v) is 10.2. The molecule has 0 aromatic heterocycles. The van der Waals surface area contributed by atoms with Crippen molar-refractivity contribution < 1.29 is 27.2 Å². The van der Waals surface area contributed by atoms with Crippen molar-refractivity contribution in [2.75, 3.05) is 5.32 Å². The van der Waals surface area contributed by atoms with E-state index in [0.29, 0.717) is 22.0 Å². The van der Waals surface area contributed by atoms with Crippen LogP contribution in [0.15, 0.2) is 34.8 Å². The van der Waals surface area contributed by atoms with Crippen molar-refractivity contribution >= 4 is 45.0 Å². The number of anilines is 1. The van der Waals surface area contributed by atoms with E-state index in [1.165, 1.54) is 25.1 Å². The Morgan fingerprint density at radius 2 is 2.00 bits per heavy atom. The summed E-state index contributed by atoms with van der Waals surface area (Å²) in [5.74, 6) is -3.08. The minimum Gasteiger partial charge on any atom is -0.341 e. The molecule has 2 amide bonds. The normalized spacial score (nSPS) is 24.9. The smallest absolute Gasteiger partial charge is 0.341 e. The highest BCUT2D eigenvalue weighted by Crippen LogP contribution is 2.47. The fourth-order valence-corrected chi connectivity index (χ4v) is 5.40. The van der Waals surface area contributed by atoms with Crippen LogP contribution in [0.4, 0.5) is 23.2 Å². The summed E-state index contributed by atoms with van der Waals surface area (Å²) in [5, 5.41) is 5.73. The maximum atomic E-state index is 13.9. The van der Waals surface area contributed by atoms with Crippen LogP contribution >= 0.6 is 27.5 Å². The summed E-state index contributed by atoms with van der Waals surface area (Å²) in [5.41, 5.74) is -0.0239. The van der Waals surface area contributed by atoms with E-state index in [-0.39, 0.29) is 35.5 Å². The van der Waals surface area contributed by atoms with E-state index in [2.05, 4.69) is 26.6 Å². The molecule has 2 aromatic rings. The first kappa shape index (κ1) is 24.0. The van der Waals surface area contributed by atoms with Crippen molar-refractivity contribution in [1.82, 2.24) is 5.32 Å². The lowest BCUT2D eigenvalue weighted by Crippen LogP contribution is -2.41. The maximum absolute atomic E-state index is 13.9. The Morgan fingerprint density at radius 3 is 2.70 bits per heavy atom. The number of benzene rings is 2. The van der Waals surface area contributed by atoms with Gasteiger partial charge in [-0.1, -0.05) is 40.9 Å². The predicted octanol–water partition coefficient (Wildman–Crippen LogP) is 6.77. The van der Waals surface area contributed by atoms with E-state index in [1.807, 2.05) is 0 Å². The molecule has 0 unspecified atom stereocenters. The van der Waals surface area contributed by atoms with Crippen LogP contribution in [0.25, 0.3) is 0 Å². The van der Waals surface area contributed by atoms with Gasteiger partial charge in [0.1, 0.15) is 5.82 Å². The van der Waals surface area contributed by atoms with Crippen molar-refractivity contribution in [2.24, 2.45) is 11.3 Å². The van der Waals surface area contributed by atoms with Crippen LogP contribution in [-0.4, -0.2) is 18.0 Å². The highest BCUT2D eigenvalue weighted by molar-refractivity contribution is 9.10. The number of rotatable bonds is 3. The maximum Gasteiger partial charge on any atom is 0.391 e. The molecule has 0 saturated heterocycles. The molecule has 0 bridgehead atoms. The van der Waals surface area contributed by atoms with Crippen LogP contribution < -0.4 is 10.6 Å². The van der Waals surface area contributed by atoms with Gasteiger partial charge in [-0.3, -0.25) is 9.59 Å². The summed E-state index contributed by atoms with van der Waals surface area (Å²) >= 11 is 9.58. The van der Waals surface area contributed by atoms with Gasteiger partial charge >= 0.3 is 6.18 Å². The molecule has 0 radical (unpaired) electrons. The minimum atomic E-state index is -4.37. The van der Waals surface area contributed by atoms with Gasteiger partial charge in [0.05, 0.1) is 12.0 Å². The molecule has 1 saturated carbocycles. The van der Waals surface area contributed by atoms with Gasteiger partial charge in [0.15, 0.2) is 0 Å². The van der Waals surface area contributed by atoms with Gasteiger partial charge in [0.25, 0.3) is 5.91 Å². The summed E-state index contributed by atoms with van der Waals surface area (Å²) in [6, 6.07) is 6.07. The zero-order valence-corrected chi connectivity index (χ0v) is 19.8. The number of hydrogen-bond donors (Lipinski definition) is 2. The molecule has 1 aliphatic carbocycles. The molecule has 2 N–H and O–H groups in total. The molecular formula is C23H20BrClF4N2O2. The SMILES string of the molecule is C[C@@]1(C(=O)Nc2cc(Br)cc3c2[C@@H](c2cc(F)ccc2Cl)NC3=O)CCC[C@H](C(F)(F)F)C1. The monoisotopic (exact) mass is 546 g/mol. The molecule has 10 heteroatoms. The Kier molecular flexibility index (Phi) is 6.24. The van der Waals surface area contributed by atoms with Crippen LogP contribution in [0, 0.1) is 17.2 Å². The Hall–Kier alpha value is -2.13. The predicted molar refractivity (Wildman–Crippen MR) is 120 cm³/mol. The van der Waals surface area contributed by atoms with Crippen molar-refractivity contribution in [3.63, 3.8) is 0 Å². The van der Waals surface area contributed by atoms with Gasteiger partial charge < -0.3 is 10.6 Å². The third-order valence-electron chi connectivity index (χ3n) is 6.46. The van der Waals surface area contributed by atoms with Crippen molar-refractivity contribution in [3.8, 4) is 0 Å². The Bertz CT molecular complexity index is 1140. The fourth-order valence-electron chi connectivity index (χ4n) is 4.72. The molecule has 2 aliphatic rings. The van der Waals surface area contributed by atoms with Crippen molar-refractivity contribution in [2.45, 2.75) is 44.8 Å². The number of carbonyl (C=O) groups excluding carboxylic acids is 2. The third kappa shape index (κ3) is 4.62. The summed E-state index contributed by atoms with van der Waals surface area (Å²) in [7, 11) is 0. The first-order valence-electron chi connectivity index (χ1n) is 10.4. The first-order chi connectivity index (χ1) is 15.4. The number of amides is 2. The second-order valence-electron chi connectivity index (χ2n) is 8.84. The lowest BCUT2D eigenvalue weighted by Gasteiger charge is -2.37.